The van der Waals surface area contributed by atoms with Gasteiger partial charge in [-0.3, -0.25) is 14.5 Å². The first-order chi connectivity index (χ1) is 12.8. The molecule has 1 aliphatic rings. The van der Waals surface area contributed by atoms with Crippen LogP contribution in [0.2, 0.25) is 0 Å². The summed E-state index contributed by atoms with van der Waals surface area (Å²) in [6.07, 6.45) is 1.71. The van der Waals surface area contributed by atoms with Gasteiger partial charge in [-0.2, -0.15) is 0 Å². The molecule has 0 atom stereocenters. The highest BCUT2D eigenvalue weighted by molar-refractivity contribution is 8.18. The van der Waals surface area contributed by atoms with Gasteiger partial charge in [0.25, 0.3) is 11.1 Å². The van der Waals surface area contributed by atoms with Crippen LogP contribution in [0, 0.1) is 12.7 Å². The van der Waals surface area contributed by atoms with E-state index in [2.05, 4.69) is 5.32 Å². The Labute approximate surface area is 161 Å². The Morgan fingerprint density at radius 3 is 2.52 bits per heavy atom. The number of aryl methyl sites for hydroxylation is 1. The number of thioether (sulfide) groups is 1. The van der Waals surface area contributed by atoms with Gasteiger partial charge in [-0.15, -0.1) is 0 Å². The lowest BCUT2D eigenvalue weighted by molar-refractivity contribution is -0.122. The smallest absolute Gasteiger partial charge is 0.295 e. The predicted molar refractivity (Wildman–Crippen MR) is 108 cm³/mol. The molecule has 0 radical (unpaired) electrons. The minimum absolute atomic E-state index is 0.00807. The maximum atomic E-state index is 13.4. The normalized spacial score (nSPS) is 15.6. The summed E-state index contributed by atoms with van der Waals surface area (Å²) in [6.45, 7) is 1.82. The molecule has 2 amide bonds. The standard InChI is InChI=1S/C20H20FN3O2S/c1-13-4-7-15(21)11-17(13)22-12-24-19(25)18(27-20(24)26)10-14-5-8-16(9-6-14)23(2)3/h4-11,22H,12H2,1-3H3. The van der Waals surface area contributed by atoms with Crippen LogP contribution in [0.4, 0.5) is 20.6 Å². The van der Waals surface area contributed by atoms with E-state index in [1.165, 1.54) is 12.1 Å². The molecule has 1 fully saturated rings. The predicted octanol–water partition coefficient (Wildman–Crippen LogP) is 4.31. The van der Waals surface area contributed by atoms with Crippen molar-refractivity contribution in [3.05, 3.63) is 64.3 Å². The van der Waals surface area contributed by atoms with Gasteiger partial charge in [-0.05, 0) is 60.2 Å². The van der Waals surface area contributed by atoms with Crippen molar-refractivity contribution in [3.63, 3.8) is 0 Å². The Morgan fingerprint density at radius 1 is 1.15 bits per heavy atom. The third kappa shape index (κ3) is 4.31. The number of nitrogens with zero attached hydrogens (tertiary/aromatic N) is 2. The van der Waals surface area contributed by atoms with Crippen LogP contribution in [0.5, 0.6) is 0 Å². The van der Waals surface area contributed by atoms with Crippen molar-refractivity contribution in [2.75, 3.05) is 31.0 Å². The molecule has 0 spiro atoms. The second-order valence-electron chi connectivity index (χ2n) is 6.39. The highest BCUT2D eigenvalue weighted by Gasteiger charge is 2.34. The number of benzene rings is 2. The summed E-state index contributed by atoms with van der Waals surface area (Å²) in [5.74, 6) is -0.735. The van der Waals surface area contributed by atoms with E-state index in [9.17, 15) is 14.0 Å². The molecule has 0 aromatic heterocycles. The molecule has 1 aliphatic heterocycles. The number of anilines is 2. The Morgan fingerprint density at radius 2 is 1.85 bits per heavy atom. The van der Waals surface area contributed by atoms with Gasteiger partial charge in [-0.25, -0.2) is 4.39 Å². The van der Waals surface area contributed by atoms with E-state index < -0.39 is 0 Å². The molecular formula is C20H20FN3O2S. The number of carbonyl (C=O) groups excluding carboxylic acids is 2. The summed E-state index contributed by atoms with van der Waals surface area (Å²) in [5, 5.41) is 2.61. The highest BCUT2D eigenvalue weighted by Crippen LogP contribution is 2.32. The fourth-order valence-corrected chi connectivity index (χ4v) is 3.44. The van der Waals surface area contributed by atoms with Crippen LogP contribution >= 0.6 is 11.8 Å². The van der Waals surface area contributed by atoms with Crippen LogP contribution < -0.4 is 10.2 Å². The van der Waals surface area contributed by atoms with Crippen molar-refractivity contribution in [1.29, 1.82) is 0 Å². The van der Waals surface area contributed by atoms with Crippen molar-refractivity contribution in [1.82, 2.24) is 4.90 Å². The Bertz CT molecular complexity index is 910. The summed E-state index contributed by atoms with van der Waals surface area (Å²) < 4.78 is 13.4. The molecule has 3 rings (SSSR count). The number of hydrogen-bond donors (Lipinski definition) is 1. The van der Waals surface area contributed by atoms with Crippen LogP contribution in [0.3, 0.4) is 0 Å². The molecule has 0 bridgehead atoms. The lowest BCUT2D eigenvalue weighted by Gasteiger charge is -2.16. The second-order valence-corrected chi connectivity index (χ2v) is 7.38. The van der Waals surface area contributed by atoms with Gasteiger partial charge >= 0.3 is 0 Å². The van der Waals surface area contributed by atoms with E-state index in [1.54, 1.807) is 12.1 Å². The first-order valence-corrected chi connectivity index (χ1v) is 9.19. The van der Waals surface area contributed by atoms with Gasteiger partial charge < -0.3 is 10.2 Å². The first-order valence-electron chi connectivity index (χ1n) is 8.38. The summed E-state index contributed by atoms with van der Waals surface area (Å²) in [4.78, 5) is 28.2. The number of imide groups is 1. The Hall–Kier alpha value is -2.80. The molecule has 1 heterocycles. The van der Waals surface area contributed by atoms with Crippen molar-refractivity contribution < 1.29 is 14.0 Å². The molecule has 1 saturated heterocycles. The zero-order valence-corrected chi connectivity index (χ0v) is 16.1. The maximum Gasteiger partial charge on any atom is 0.295 e. The summed E-state index contributed by atoms with van der Waals surface area (Å²) in [5.41, 5.74) is 3.28. The number of halogens is 1. The van der Waals surface area contributed by atoms with E-state index in [0.717, 1.165) is 33.5 Å². The molecule has 27 heavy (non-hydrogen) atoms. The lowest BCUT2D eigenvalue weighted by atomic mass is 10.2. The van der Waals surface area contributed by atoms with Gasteiger partial charge in [0.15, 0.2) is 0 Å². The van der Waals surface area contributed by atoms with Gasteiger partial charge in [-0.1, -0.05) is 18.2 Å². The molecule has 2 aromatic rings. The molecule has 7 heteroatoms. The average Bonchev–Trinajstić information content (AvgIpc) is 2.89. The molecule has 140 valence electrons. The molecule has 0 aliphatic carbocycles. The lowest BCUT2D eigenvalue weighted by Crippen LogP contribution is -2.33. The van der Waals surface area contributed by atoms with Crippen LogP contribution in [0.1, 0.15) is 11.1 Å². The summed E-state index contributed by atoms with van der Waals surface area (Å²) in [7, 11) is 3.90. The summed E-state index contributed by atoms with van der Waals surface area (Å²) in [6, 6.07) is 12.0. The van der Waals surface area contributed by atoms with Crippen LogP contribution in [0.25, 0.3) is 6.08 Å². The minimum atomic E-state index is -0.377. The number of nitrogens with one attached hydrogen (secondary N) is 1. The molecule has 0 unspecified atom stereocenters. The van der Waals surface area contributed by atoms with Crippen molar-refractivity contribution >= 4 is 40.4 Å². The molecule has 1 N–H and O–H groups in total. The fraction of sp³-hybridized carbons (Fsp3) is 0.200. The SMILES string of the molecule is Cc1ccc(F)cc1NCN1C(=O)SC(=Cc2ccc(N(C)C)cc2)C1=O. The van der Waals surface area contributed by atoms with E-state index in [0.29, 0.717) is 10.6 Å². The Kier molecular flexibility index (Phi) is 5.51. The minimum Gasteiger partial charge on any atom is -0.378 e. The number of carbonyl (C=O) groups is 2. The van der Waals surface area contributed by atoms with Gasteiger partial charge in [0, 0.05) is 25.5 Å². The molecular weight excluding hydrogens is 365 g/mol. The molecule has 5 nitrogen and oxygen atoms in total. The fourth-order valence-electron chi connectivity index (χ4n) is 2.61. The van der Waals surface area contributed by atoms with Crippen LogP contribution in [0.15, 0.2) is 47.4 Å². The maximum absolute atomic E-state index is 13.4. The number of hydrogen-bond acceptors (Lipinski definition) is 5. The Balaban J connectivity index is 1.71. The van der Waals surface area contributed by atoms with E-state index >= 15 is 0 Å². The quantitative estimate of drug-likeness (QED) is 0.778. The van der Waals surface area contributed by atoms with Gasteiger partial charge in [0.1, 0.15) is 5.82 Å². The molecule has 2 aromatic carbocycles. The first kappa shape index (κ1) is 19.0. The second kappa shape index (κ2) is 7.84. The van der Waals surface area contributed by atoms with Crippen LogP contribution in [-0.2, 0) is 4.79 Å². The average molecular weight is 385 g/mol. The van der Waals surface area contributed by atoms with E-state index in [1.807, 2.05) is 50.2 Å². The van der Waals surface area contributed by atoms with Gasteiger partial charge in [0.05, 0.1) is 11.6 Å². The van der Waals surface area contributed by atoms with Gasteiger partial charge in [0.2, 0.25) is 0 Å². The van der Waals surface area contributed by atoms with Crippen LogP contribution in [-0.4, -0.2) is 36.8 Å². The van der Waals surface area contributed by atoms with Crippen molar-refractivity contribution in [3.8, 4) is 0 Å². The van der Waals surface area contributed by atoms with Crippen molar-refractivity contribution in [2.45, 2.75) is 6.92 Å². The van der Waals surface area contributed by atoms with E-state index in [4.69, 9.17) is 0 Å². The van der Waals surface area contributed by atoms with Crippen molar-refractivity contribution in [2.24, 2.45) is 0 Å². The molecule has 0 saturated carbocycles. The highest BCUT2D eigenvalue weighted by atomic mass is 32.2. The third-order valence-electron chi connectivity index (χ3n) is 4.21. The number of amides is 2. The number of rotatable bonds is 5. The third-order valence-corrected chi connectivity index (χ3v) is 5.12. The van der Waals surface area contributed by atoms with E-state index in [-0.39, 0.29) is 23.6 Å². The zero-order chi connectivity index (χ0) is 19.6. The summed E-state index contributed by atoms with van der Waals surface area (Å²) >= 11 is 0.904. The zero-order valence-electron chi connectivity index (χ0n) is 15.3. The topological polar surface area (TPSA) is 52.7 Å². The largest absolute Gasteiger partial charge is 0.378 e. The monoisotopic (exact) mass is 385 g/mol.